The minimum atomic E-state index is -0.490. The number of hydrogen-bond donors (Lipinski definition) is 1. The highest BCUT2D eigenvalue weighted by molar-refractivity contribution is 6.30. The lowest BCUT2D eigenvalue weighted by Crippen LogP contribution is -2.51. The quantitative estimate of drug-likeness (QED) is 0.860. The number of nitrogens with one attached hydrogen (secondary N) is 1. The summed E-state index contributed by atoms with van der Waals surface area (Å²) in [5.41, 5.74) is -0.688. The normalized spacial score (nSPS) is 18.5. The van der Waals surface area contributed by atoms with Crippen molar-refractivity contribution in [2.75, 3.05) is 13.2 Å². The first-order chi connectivity index (χ1) is 8.99. The third kappa shape index (κ3) is 2.62. The second-order valence-corrected chi connectivity index (χ2v) is 5.60. The predicted octanol–water partition coefficient (Wildman–Crippen LogP) is 1.67. The Balaban J connectivity index is 2.60. The number of H-pyrrole nitrogens is 1. The molecule has 0 atom stereocenters. The van der Waals surface area contributed by atoms with E-state index in [1.54, 1.807) is 0 Å². The molecule has 1 aromatic heterocycles. The summed E-state index contributed by atoms with van der Waals surface area (Å²) in [5, 5.41) is 0.170. The van der Waals surface area contributed by atoms with Crippen molar-refractivity contribution >= 4 is 11.6 Å². The molecule has 1 aliphatic rings. The van der Waals surface area contributed by atoms with Gasteiger partial charge in [0, 0.05) is 13.2 Å². The largest absolute Gasteiger partial charge is 0.381 e. The smallest absolute Gasteiger partial charge is 0.330 e. The lowest BCUT2D eigenvalue weighted by molar-refractivity contribution is 0.0259. The van der Waals surface area contributed by atoms with Crippen molar-refractivity contribution in [3.05, 3.63) is 31.6 Å². The van der Waals surface area contributed by atoms with Crippen LogP contribution in [0.5, 0.6) is 0 Å². The fourth-order valence-corrected chi connectivity index (χ4v) is 2.79. The fraction of sp³-hybridized carbons (Fsp3) is 0.692. The number of rotatable bonds is 3. The van der Waals surface area contributed by atoms with E-state index >= 15 is 0 Å². The molecule has 5 nitrogen and oxygen atoms in total. The minimum absolute atomic E-state index is 0.170. The van der Waals surface area contributed by atoms with Gasteiger partial charge < -0.3 is 4.74 Å². The molecule has 0 unspecified atom stereocenters. The molecule has 0 aromatic carbocycles. The summed E-state index contributed by atoms with van der Waals surface area (Å²) in [7, 11) is 0. The van der Waals surface area contributed by atoms with Gasteiger partial charge in [0.25, 0.3) is 5.56 Å². The molecule has 1 N–H and O–H groups in total. The van der Waals surface area contributed by atoms with Gasteiger partial charge in [0.2, 0.25) is 0 Å². The molecular weight excluding hydrogens is 268 g/mol. The first-order valence-electron chi connectivity index (χ1n) is 6.61. The van der Waals surface area contributed by atoms with Crippen LogP contribution in [0.25, 0.3) is 0 Å². The van der Waals surface area contributed by atoms with Crippen LogP contribution >= 0.6 is 11.6 Å². The standard InChI is InChI=1S/C13H19ClN2O3/c1-3-4-9-10(14)15-12(18)16(11(9)17)13(2)5-7-19-8-6-13/h3-8H2,1-2H3,(H,15,18). The Morgan fingerprint density at radius 2 is 2.00 bits per heavy atom. The lowest BCUT2D eigenvalue weighted by atomic mass is 9.92. The minimum Gasteiger partial charge on any atom is -0.381 e. The monoisotopic (exact) mass is 286 g/mol. The highest BCUT2D eigenvalue weighted by Crippen LogP contribution is 2.26. The summed E-state index contributed by atoms with van der Waals surface area (Å²) in [6.45, 7) is 5.03. The number of aromatic amines is 1. The van der Waals surface area contributed by atoms with Gasteiger partial charge in [-0.2, -0.15) is 0 Å². The molecule has 0 radical (unpaired) electrons. The first-order valence-corrected chi connectivity index (χ1v) is 6.99. The van der Waals surface area contributed by atoms with Crippen LogP contribution in [0.3, 0.4) is 0 Å². The summed E-state index contributed by atoms with van der Waals surface area (Å²) < 4.78 is 6.64. The summed E-state index contributed by atoms with van der Waals surface area (Å²) in [6, 6.07) is 0. The van der Waals surface area contributed by atoms with Crippen LogP contribution in [0.15, 0.2) is 9.59 Å². The number of nitrogens with zero attached hydrogens (tertiary/aromatic N) is 1. The molecule has 1 aliphatic heterocycles. The van der Waals surface area contributed by atoms with E-state index < -0.39 is 11.2 Å². The zero-order valence-electron chi connectivity index (χ0n) is 11.3. The van der Waals surface area contributed by atoms with Gasteiger partial charge in [-0.05, 0) is 26.2 Å². The molecule has 6 heteroatoms. The zero-order valence-corrected chi connectivity index (χ0v) is 12.0. The Morgan fingerprint density at radius 1 is 1.37 bits per heavy atom. The van der Waals surface area contributed by atoms with Crippen LogP contribution in [0.4, 0.5) is 0 Å². The van der Waals surface area contributed by atoms with Crippen LogP contribution in [-0.4, -0.2) is 22.8 Å². The van der Waals surface area contributed by atoms with Crippen molar-refractivity contribution in [3.8, 4) is 0 Å². The highest BCUT2D eigenvalue weighted by Gasteiger charge is 2.33. The van der Waals surface area contributed by atoms with Gasteiger partial charge in [0.1, 0.15) is 5.15 Å². The zero-order chi connectivity index (χ0) is 14.0. The number of ether oxygens (including phenoxy) is 1. The van der Waals surface area contributed by atoms with Crippen LogP contribution in [0.2, 0.25) is 5.15 Å². The van der Waals surface area contributed by atoms with Crippen molar-refractivity contribution in [2.24, 2.45) is 0 Å². The molecule has 0 aliphatic carbocycles. The molecule has 2 rings (SSSR count). The maximum absolute atomic E-state index is 12.5. The average Bonchev–Trinajstić information content (AvgIpc) is 2.34. The maximum atomic E-state index is 12.5. The third-order valence-electron chi connectivity index (χ3n) is 3.76. The molecule has 0 spiro atoms. The van der Waals surface area contributed by atoms with E-state index in [9.17, 15) is 9.59 Å². The van der Waals surface area contributed by atoms with Gasteiger partial charge in [0.05, 0.1) is 11.1 Å². The fourth-order valence-electron chi connectivity index (χ4n) is 2.54. The van der Waals surface area contributed by atoms with Crippen LogP contribution in [0.1, 0.15) is 38.7 Å². The second kappa shape index (κ2) is 5.51. The number of hydrogen-bond acceptors (Lipinski definition) is 3. The summed E-state index contributed by atoms with van der Waals surface area (Å²) >= 11 is 5.98. The first kappa shape index (κ1) is 14.3. The van der Waals surface area contributed by atoms with E-state index in [2.05, 4.69) is 4.98 Å². The summed E-state index contributed by atoms with van der Waals surface area (Å²) in [4.78, 5) is 27.2. The van der Waals surface area contributed by atoms with E-state index in [0.29, 0.717) is 38.0 Å². The van der Waals surface area contributed by atoms with Gasteiger partial charge in [-0.3, -0.25) is 14.3 Å². The molecule has 106 valence electrons. The molecule has 0 bridgehead atoms. The van der Waals surface area contributed by atoms with E-state index in [0.717, 1.165) is 6.42 Å². The van der Waals surface area contributed by atoms with Crippen molar-refractivity contribution < 1.29 is 4.74 Å². The van der Waals surface area contributed by atoms with Crippen molar-refractivity contribution in [2.45, 2.75) is 45.1 Å². The molecule has 2 heterocycles. The Morgan fingerprint density at radius 3 is 2.58 bits per heavy atom. The third-order valence-corrected chi connectivity index (χ3v) is 4.08. The maximum Gasteiger partial charge on any atom is 0.330 e. The molecule has 1 saturated heterocycles. The molecule has 19 heavy (non-hydrogen) atoms. The predicted molar refractivity (Wildman–Crippen MR) is 74.0 cm³/mol. The van der Waals surface area contributed by atoms with E-state index in [1.807, 2.05) is 13.8 Å². The Bertz CT molecular complexity index is 570. The molecule has 0 amide bonds. The van der Waals surface area contributed by atoms with Crippen molar-refractivity contribution in [1.29, 1.82) is 0 Å². The van der Waals surface area contributed by atoms with Crippen LogP contribution < -0.4 is 11.2 Å². The average molecular weight is 287 g/mol. The van der Waals surface area contributed by atoms with Gasteiger partial charge in [0.15, 0.2) is 0 Å². The summed E-state index contributed by atoms with van der Waals surface area (Å²) in [5.74, 6) is 0. The van der Waals surface area contributed by atoms with E-state index in [1.165, 1.54) is 4.57 Å². The van der Waals surface area contributed by atoms with Crippen LogP contribution in [0, 0.1) is 0 Å². The van der Waals surface area contributed by atoms with E-state index in [4.69, 9.17) is 16.3 Å². The lowest BCUT2D eigenvalue weighted by Gasteiger charge is -2.34. The SMILES string of the molecule is CCCc1c(Cl)[nH]c(=O)n(C2(C)CCOCC2)c1=O. The second-order valence-electron chi connectivity index (χ2n) is 5.22. The van der Waals surface area contributed by atoms with Crippen LogP contribution in [-0.2, 0) is 16.7 Å². The van der Waals surface area contributed by atoms with Gasteiger partial charge in [-0.15, -0.1) is 0 Å². The number of halogens is 1. The molecule has 0 saturated carbocycles. The Kier molecular flexibility index (Phi) is 4.16. The Hall–Kier alpha value is -1.07. The number of aromatic nitrogens is 2. The van der Waals surface area contributed by atoms with E-state index in [-0.39, 0.29) is 10.7 Å². The van der Waals surface area contributed by atoms with Gasteiger partial charge >= 0.3 is 5.69 Å². The Labute approximate surface area is 116 Å². The van der Waals surface area contributed by atoms with Gasteiger partial charge in [-0.25, -0.2) is 4.79 Å². The summed E-state index contributed by atoms with van der Waals surface area (Å²) in [6.07, 6.45) is 2.69. The molecule has 1 fully saturated rings. The molecular formula is C13H19ClN2O3. The van der Waals surface area contributed by atoms with Gasteiger partial charge in [-0.1, -0.05) is 24.9 Å². The molecule has 1 aromatic rings. The highest BCUT2D eigenvalue weighted by atomic mass is 35.5. The topological polar surface area (TPSA) is 64.1 Å². The van der Waals surface area contributed by atoms with Crippen molar-refractivity contribution in [3.63, 3.8) is 0 Å². The van der Waals surface area contributed by atoms with Crippen molar-refractivity contribution in [1.82, 2.24) is 9.55 Å².